The normalized spacial score (nSPS) is 33.0. The minimum Gasteiger partial charge on any atom is -0.392 e. The highest BCUT2D eigenvalue weighted by atomic mass is 16.3. The van der Waals surface area contributed by atoms with Gasteiger partial charge in [-0.3, -0.25) is 0 Å². The molecular weight excluding hydrogens is 124 g/mol. The van der Waals surface area contributed by atoms with E-state index < -0.39 is 0 Å². The number of rotatable bonds is 2. The van der Waals surface area contributed by atoms with Gasteiger partial charge in [0.05, 0.1) is 6.10 Å². The Morgan fingerprint density at radius 1 is 1.40 bits per heavy atom. The quantitative estimate of drug-likeness (QED) is 0.621. The molecule has 2 saturated carbocycles. The van der Waals surface area contributed by atoms with E-state index in [0.717, 1.165) is 0 Å². The van der Waals surface area contributed by atoms with Crippen LogP contribution in [0.4, 0.5) is 0 Å². The second kappa shape index (κ2) is 1.97. The lowest BCUT2D eigenvalue weighted by atomic mass is 9.76. The molecular formula is C9H16O. The number of hydrogen-bond acceptors (Lipinski definition) is 1. The topological polar surface area (TPSA) is 20.2 Å². The molecule has 58 valence electrons. The SMILES string of the molecule is CC1(C(O)C2CCC2)CC1. The van der Waals surface area contributed by atoms with Crippen molar-refractivity contribution in [3.63, 3.8) is 0 Å². The van der Waals surface area contributed by atoms with E-state index in [1.807, 2.05) is 0 Å². The lowest BCUT2D eigenvalue weighted by Gasteiger charge is -2.33. The molecule has 0 amide bonds. The zero-order chi connectivity index (χ0) is 7.19. The Balaban J connectivity index is 1.91. The van der Waals surface area contributed by atoms with Crippen molar-refractivity contribution in [3.05, 3.63) is 0 Å². The van der Waals surface area contributed by atoms with Gasteiger partial charge in [0.1, 0.15) is 0 Å². The number of aliphatic hydroxyl groups is 1. The molecule has 0 aliphatic heterocycles. The van der Waals surface area contributed by atoms with E-state index in [2.05, 4.69) is 6.92 Å². The summed E-state index contributed by atoms with van der Waals surface area (Å²) in [5.74, 6) is 0.660. The summed E-state index contributed by atoms with van der Waals surface area (Å²) in [6.45, 7) is 2.22. The summed E-state index contributed by atoms with van der Waals surface area (Å²) < 4.78 is 0. The summed E-state index contributed by atoms with van der Waals surface area (Å²) in [7, 11) is 0. The zero-order valence-corrected chi connectivity index (χ0v) is 6.64. The summed E-state index contributed by atoms with van der Waals surface area (Å²) in [6, 6.07) is 0. The van der Waals surface area contributed by atoms with Crippen LogP contribution in [-0.4, -0.2) is 11.2 Å². The summed E-state index contributed by atoms with van der Waals surface area (Å²) in [4.78, 5) is 0. The fourth-order valence-corrected chi connectivity index (χ4v) is 1.82. The van der Waals surface area contributed by atoms with Crippen LogP contribution < -0.4 is 0 Å². The van der Waals surface area contributed by atoms with Gasteiger partial charge in [0, 0.05) is 0 Å². The van der Waals surface area contributed by atoms with Crippen LogP contribution in [0.1, 0.15) is 39.0 Å². The lowest BCUT2D eigenvalue weighted by molar-refractivity contribution is 0.0101. The van der Waals surface area contributed by atoms with E-state index in [0.29, 0.717) is 11.3 Å². The van der Waals surface area contributed by atoms with Crippen LogP contribution in [0.15, 0.2) is 0 Å². The molecule has 0 spiro atoms. The molecule has 0 aromatic rings. The first kappa shape index (κ1) is 6.66. The Morgan fingerprint density at radius 2 is 2.00 bits per heavy atom. The Morgan fingerprint density at radius 3 is 2.30 bits per heavy atom. The molecule has 10 heavy (non-hydrogen) atoms. The molecule has 0 radical (unpaired) electrons. The predicted octanol–water partition coefficient (Wildman–Crippen LogP) is 1.95. The lowest BCUT2D eigenvalue weighted by Crippen LogP contribution is -2.33. The van der Waals surface area contributed by atoms with Gasteiger partial charge in [-0.2, -0.15) is 0 Å². The third-order valence-electron chi connectivity index (χ3n) is 3.35. The molecule has 1 heteroatoms. The van der Waals surface area contributed by atoms with E-state index in [1.165, 1.54) is 32.1 Å². The van der Waals surface area contributed by atoms with Crippen molar-refractivity contribution in [2.45, 2.75) is 45.1 Å². The maximum absolute atomic E-state index is 9.77. The molecule has 2 rings (SSSR count). The Labute approximate surface area is 62.4 Å². The predicted molar refractivity (Wildman–Crippen MR) is 40.7 cm³/mol. The van der Waals surface area contributed by atoms with Crippen LogP contribution in [0.2, 0.25) is 0 Å². The zero-order valence-electron chi connectivity index (χ0n) is 6.64. The first-order valence-electron chi connectivity index (χ1n) is 4.40. The van der Waals surface area contributed by atoms with Gasteiger partial charge in [0.2, 0.25) is 0 Å². The number of aliphatic hydroxyl groups excluding tert-OH is 1. The van der Waals surface area contributed by atoms with E-state index in [1.54, 1.807) is 0 Å². The largest absolute Gasteiger partial charge is 0.392 e. The van der Waals surface area contributed by atoms with E-state index in [4.69, 9.17) is 0 Å². The second-order valence-corrected chi connectivity index (χ2v) is 4.29. The third-order valence-corrected chi connectivity index (χ3v) is 3.35. The molecule has 2 fully saturated rings. The van der Waals surface area contributed by atoms with Crippen molar-refractivity contribution < 1.29 is 5.11 Å². The molecule has 2 aliphatic carbocycles. The van der Waals surface area contributed by atoms with E-state index >= 15 is 0 Å². The maximum Gasteiger partial charge on any atom is 0.0621 e. The maximum atomic E-state index is 9.77. The first-order valence-corrected chi connectivity index (χ1v) is 4.40. The van der Waals surface area contributed by atoms with Gasteiger partial charge < -0.3 is 5.11 Å². The van der Waals surface area contributed by atoms with Gasteiger partial charge in [-0.05, 0) is 37.0 Å². The molecule has 0 saturated heterocycles. The Bertz CT molecular complexity index is 134. The van der Waals surface area contributed by atoms with Crippen LogP contribution in [0.25, 0.3) is 0 Å². The summed E-state index contributed by atoms with van der Waals surface area (Å²) in [5, 5.41) is 9.77. The van der Waals surface area contributed by atoms with Gasteiger partial charge in [0.15, 0.2) is 0 Å². The molecule has 0 aromatic carbocycles. The van der Waals surface area contributed by atoms with Crippen molar-refractivity contribution in [3.8, 4) is 0 Å². The molecule has 2 aliphatic rings. The van der Waals surface area contributed by atoms with Crippen molar-refractivity contribution in [2.24, 2.45) is 11.3 Å². The van der Waals surface area contributed by atoms with Gasteiger partial charge in [-0.1, -0.05) is 13.3 Å². The highest BCUT2D eigenvalue weighted by Crippen LogP contribution is 2.53. The van der Waals surface area contributed by atoms with Crippen LogP contribution in [0, 0.1) is 11.3 Å². The van der Waals surface area contributed by atoms with Crippen LogP contribution in [0.5, 0.6) is 0 Å². The molecule has 1 atom stereocenters. The first-order chi connectivity index (χ1) is 4.72. The molecule has 0 bridgehead atoms. The average molecular weight is 140 g/mol. The number of hydrogen-bond donors (Lipinski definition) is 1. The van der Waals surface area contributed by atoms with Crippen LogP contribution in [-0.2, 0) is 0 Å². The fraction of sp³-hybridized carbons (Fsp3) is 1.00. The minimum atomic E-state index is 0.0289. The fourth-order valence-electron chi connectivity index (χ4n) is 1.82. The highest BCUT2D eigenvalue weighted by molar-refractivity contribution is 4.98. The molecule has 1 N–H and O–H groups in total. The molecule has 1 unspecified atom stereocenters. The van der Waals surface area contributed by atoms with Gasteiger partial charge >= 0.3 is 0 Å². The van der Waals surface area contributed by atoms with Crippen molar-refractivity contribution in [2.75, 3.05) is 0 Å². The summed E-state index contributed by atoms with van der Waals surface area (Å²) >= 11 is 0. The van der Waals surface area contributed by atoms with Crippen LogP contribution in [0.3, 0.4) is 0 Å². The standard InChI is InChI=1S/C9H16O/c1-9(5-6-9)8(10)7-3-2-4-7/h7-8,10H,2-6H2,1H3. The van der Waals surface area contributed by atoms with Gasteiger partial charge in [-0.15, -0.1) is 0 Å². The minimum absolute atomic E-state index is 0.0289. The summed E-state index contributed by atoms with van der Waals surface area (Å²) in [6.07, 6.45) is 6.43. The van der Waals surface area contributed by atoms with Gasteiger partial charge in [0.25, 0.3) is 0 Å². The van der Waals surface area contributed by atoms with Crippen LogP contribution >= 0.6 is 0 Å². The summed E-state index contributed by atoms with van der Waals surface area (Å²) in [5.41, 5.74) is 0.338. The smallest absolute Gasteiger partial charge is 0.0621 e. The van der Waals surface area contributed by atoms with Gasteiger partial charge in [-0.25, -0.2) is 0 Å². The Kier molecular flexibility index (Phi) is 1.31. The van der Waals surface area contributed by atoms with Crippen molar-refractivity contribution >= 4 is 0 Å². The van der Waals surface area contributed by atoms with E-state index in [9.17, 15) is 5.11 Å². The molecule has 1 nitrogen and oxygen atoms in total. The molecule has 0 aromatic heterocycles. The third kappa shape index (κ3) is 0.878. The van der Waals surface area contributed by atoms with Crippen molar-refractivity contribution in [1.29, 1.82) is 0 Å². The van der Waals surface area contributed by atoms with Crippen molar-refractivity contribution in [1.82, 2.24) is 0 Å². The van der Waals surface area contributed by atoms with E-state index in [-0.39, 0.29) is 6.10 Å². The molecule has 0 heterocycles. The highest BCUT2D eigenvalue weighted by Gasteiger charge is 2.48. The Hall–Kier alpha value is -0.0400. The average Bonchev–Trinajstić information content (AvgIpc) is 2.44. The second-order valence-electron chi connectivity index (χ2n) is 4.29. The monoisotopic (exact) mass is 140 g/mol.